The molecule has 0 radical (unpaired) electrons. The van der Waals surface area contributed by atoms with Crippen LogP contribution in [0.1, 0.15) is 19.8 Å². The zero-order valence-electron chi connectivity index (χ0n) is 9.11. The van der Waals surface area contributed by atoms with E-state index in [9.17, 15) is 0 Å². The molecule has 0 saturated carbocycles. The van der Waals surface area contributed by atoms with Crippen LogP contribution in [0.4, 0.5) is 0 Å². The van der Waals surface area contributed by atoms with Gasteiger partial charge in [0.05, 0.1) is 12.2 Å². The van der Waals surface area contributed by atoms with Crippen molar-refractivity contribution in [2.45, 2.75) is 32.0 Å². The van der Waals surface area contributed by atoms with E-state index in [0.29, 0.717) is 18.8 Å². The highest BCUT2D eigenvalue weighted by molar-refractivity contribution is 4.79. The van der Waals surface area contributed by atoms with Gasteiger partial charge < -0.3 is 10.5 Å². The number of nitrogens with zero attached hydrogens (tertiary/aromatic N) is 1. The molecule has 1 aliphatic heterocycles. The van der Waals surface area contributed by atoms with E-state index in [4.69, 9.17) is 10.5 Å². The van der Waals surface area contributed by atoms with Gasteiger partial charge in [-0.15, -0.1) is 6.58 Å². The predicted octanol–water partition coefficient (Wildman–Crippen LogP) is 1.00. The molecule has 3 nitrogen and oxygen atoms in total. The molecule has 1 saturated heterocycles. The second-order valence-electron chi connectivity index (χ2n) is 3.83. The van der Waals surface area contributed by atoms with Gasteiger partial charge in [0.2, 0.25) is 0 Å². The first-order chi connectivity index (χ1) is 6.80. The van der Waals surface area contributed by atoms with E-state index in [0.717, 1.165) is 32.5 Å². The number of hydrogen-bond acceptors (Lipinski definition) is 3. The Hall–Kier alpha value is -0.380. The summed E-state index contributed by atoms with van der Waals surface area (Å²) in [6.07, 6.45) is 4.88. The largest absolute Gasteiger partial charge is 0.372 e. The molecule has 0 aromatic heterocycles. The molecular weight excluding hydrogens is 176 g/mol. The lowest BCUT2D eigenvalue weighted by Gasteiger charge is -2.22. The van der Waals surface area contributed by atoms with Gasteiger partial charge >= 0.3 is 0 Å². The van der Waals surface area contributed by atoms with Crippen molar-refractivity contribution >= 4 is 0 Å². The first-order valence-corrected chi connectivity index (χ1v) is 5.48. The monoisotopic (exact) mass is 198 g/mol. The first kappa shape index (κ1) is 11.7. The maximum Gasteiger partial charge on any atom is 0.0707 e. The summed E-state index contributed by atoms with van der Waals surface area (Å²) in [4.78, 5) is 2.34. The predicted molar refractivity (Wildman–Crippen MR) is 59.3 cm³/mol. The third-order valence-corrected chi connectivity index (χ3v) is 2.75. The second kappa shape index (κ2) is 6.17. The summed E-state index contributed by atoms with van der Waals surface area (Å²) in [5.74, 6) is 0. The molecule has 0 aliphatic carbocycles. The SMILES string of the molecule is C=CCN(CC)CC1CCC(CN)O1. The Morgan fingerprint density at radius 3 is 2.71 bits per heavy atom. The fraction of sp³-hybridized carbons (Fsp3) is 0.818. The van der Waals surface area contributed by atoms with Gasteiger partial charge in [-0.2, -0.15) is 0 Å². The Labute approximate surface area is 86.9 Å². The minimum absolute atomic E-state index is 0.294. The summed E-state index contributed by atoms with van der Waals surface area (Å²) in [7, 11) is 0. The lowest BCUT2D eigenvalue weighted by molar-refractivity contribution is 0.0302. The van der Waals surface area contributed by atoms with Crippen molar-refractivity contribution in [3.8, 4) is 0 Å². The third-order valence-electron chi connectivity index (χ3n) is 2.75. The topological polar surface area (TPSA) is 38.5 Å². The van der Waals surface area contributed by atoms with Crippen LogP contribution in [0.2, 0.25) is 0 Å². The molecule has 0 bridgehead atoms. The number of ether oxygens (including phenoxy) is 1. The van der Waals surface area contributed by atoms with Crippen molar-refractivity contribution in [3.05, 3.63) is 12.7 Å². The van der Waals surface area contributed by atoms with E-state index in [1.54, 1.807) is 0 Å². The van der Waals surface area contributed by atoms with E-state index in [-0.39, 0.29) is 0 Å². The Morgan fingerprint density at radius 2 is 2.21 bits per heavy atom. The molecule has 2 N–H and O–H groups in total. The maximum atomic E-state index is 5.79. The Morgan fingerprint density at radius 1 is 1.50 bits per heavy atom. The van der Waals surface area contributed by atoms with Crippen LogP contribution >= 0.6 is 0 Å². The second-order valence-corrected chi connectivity index (χ2v) is 3.83. The van der Waals surface area contributed by atoms with Crippen molar-refractivity contribution in [2.24, 2.45) is 5.73 Å². The van der Waals surface area contributed by atoms with E-state index in [1.165, 1.54) is 0 Å². The van der Waals surface area contributed by atoms with Gasteiger partial charge in [-0.25, -0.2) is 0 Å². The molecule has 1 heterocycles. The fourth-order valence-electron chi connectivity index (χ4n) is 1.89. The zero-order chi connectivity index (χ0) is 10.4. The van der Waals surface area contributed by atoms with Crippen LogP contribution in [-0.4, -0.2) is 43.3 Å². The van der Waals surface area contributed by atoms with Crippen LogP contribution in [0.25, 0.3) is 0 Å². The molecule has 2 unspecified atom stereocenters. The summed E-state index contributed by atoms with van der Waals surface area (Å²) >= 11 is 0. The highest BCUT2D eigenvalue weighted by Crippen LogP contribution is 2.19. The molecule has 0 aromatic rings. The average Bonchev–Trinajstić information content (AvgIpc) is 2.65. The third kappa shape index (κ3) is 3.40. The van der Waals surface area contributed by atoms with Gasteiger partial charge in [-0.05, 0) is 19.4 Å². The molecule has 0 amide bonds. The lowest BCUT2D eigenvalue weighted by atomic mass is 10.2. The lowest BCUT2D eigenvalue weighted by Crippen LogP contribution is -2.33. The van der Waals surface area contributed by atoms with Crippen LogP contribution < -0.4 is 5.73 Å². The molecule has 0 aromatic carbocycles. The molecule has 3 heteroatoms. The number of likely N-dealkylation sites (N-methyl/N-ethyl adjacent to an activating group) is 1. The Balaban J connectivity index is 2.26. The smallest absolute Gasteiger partial charge is 0.0707 e. The van der Waals surface area contributed by atoms with Crippen molar-refractivity contribution < 1.29 is 4.74 Å². The zero-order valence-corrected chi connectivity index (χ0v) is 9.11. The van der Waals surface area contributed by atoms with Crippen LogP contribution in [-0.2, 0) is 4.74 Å². The summed E-state index contributed by atoms with van der Waals surface area (Å²) in [5.41, 5.74) is 5.56. The highest BCUT2D eigenvalue weighted by atomic mass is 16.5. The molecular formula is C11H22N2O. The van der Waals surface area contributed by atoms with Crippen molar-refractivity contribution in [1.82, 2.24) is 4.90 Å². The molecule has 1 fully saturated rings. The fourth-order valence-corrected chi connectivity index (χ4v) is 1.89. The maximum absolute atomic E-state index is 5.79. The Bertz CT molecular complexity index is 173. The van der Waals surface area contributed by atoms with Gasteiger partial charge in [0.25, 0.3) is 0 Å². The van der Waals surface area contributed by atoms with Crippen LogP contribution in [0.3, 0.4) is 0 Å². The van der Waals surface area contributed by atoms with E-state index in [2.05, 4.69) is 18.4 Å². The number of nitrogens with two attached hydrogens (primary N) is 1. The minimum atomic E-state index is 0.294. The minimum Gasteiger partial charge on any atom is -0.372 e. The number of hydrogen-bond donors (Lipinski definition) is 1. The molecule has 0 spiro atoms. The van der Waals surface area contributed by atoms with Gasteiger partial charge in [0.1, 0.15) is 0 Å². The summed E-state index contributed by atoms with van der Waals surface area (Å²) in [6, 6.07) is 0. The van der Waals surface area contributed by atoms with Crippen LogP contribution in [0, 0.1) is 0 Å². The number of rotatable bonds is 6. The quantitative estimate of drug-likeness (QED) is 0.647. The summed E-state index contributed by atoms with van der Waals surface area (Å²) in [5, 5.41) is 0. The molecule has 1 rings (SSSR count). The van der Waals surface area contributed by atoms with Gasteiger partial charge in [-0.1, -0.05) is 13.0 Å². The molecule has 82 valence electrons. The van der Waals surface area contributed by atoms with Gasteiger partial charge in [0.15, 0.2) is 0 Å². The molecule has 1 aliphatic rings. The average molecular weight is 198 g/mol. The van der Waals surface area contributed by atoms with Crippen molar-refractivity contribution in [3.63, 3.8) is 0 Å². The van der Waals surface area contributed by atoms with E-state index >= 15 is 0 Å². The first-order valence-electron chi connectivity index (χ1n) is 5.48. The van der Waals surface area contributed by atoms with Crippen molar-refractivity contribution in [2.75, 3.05) is 26.2 Å². The van der Waals surface area contributed by atoms with Crippen LogP contribution in [0.15, 0.2) is 12.7 Å². The molecule has 2 atom stereocenters. The van der Waals surface area contributed by atoms with Gasteiger partial charge in [-0.3, -0.25) is 4.90 Å². The standard InChI is InChI=1S/C11H22N2O/c1-3-7-13(4-2)9-11-6-5-10(8-12)14-11/h3,10-11H,1,4-9,12H2,2H3. The molecule has 14 heavy (non-hydrogen) atoms. The summed E-state index contributed by atoms with van der Waals surface area (Å²) < 4.78 is 5.79. The Kier molecular flexibility index (Phi) is 5.15. The van der Waals surface area contributed by atoms with E-state index in [1.807, 2.05) is 6.08 Å². The van der Waals surface area contributed by atoms with Crippen LogP contribution in [0.5, 0.6) is 0 Å². The summed E-state index contributed by atoms with van der Waals surface area (Å²) in [6.45, 7) is 9.59. The van der Waals surface area contributed by atoms with Gasteiger partial charge in [0, 0.05) is 19.6 Å². The van der Waals surface area contributed by atoms with E-state index < -0.39 is 0 Å². The normalized spacial score (nSPS) is 27.1. The van der Waals surface area contributed by atoms with Crippen molar-refractivity contribution in [1.29, 1.82) is 0 Å². The highest BCUT2D eigenvalue weighted by Gasteiger charge is 2.24.